The molecule has 0 spiro atoms. The van der Waals surface area contributed by atoms with E-state index in [9.17, 15) is 0 Å². The highest BCUT2D eigenvalue weighted by atomic mass is 14.9. The number of rotatable bonds is 1. The van der Waals surface area contributed by atoms with Crippen molar-refractivity contribution in [2.45, 2.75) is 13.0 Å². The Morgan fingerprint density at radius 3 is 2.81 bits per heavy atom. The topological polar surface area (TPSA) is 59.6 Å². The Labute approximate surface area is 94.6 Å². The molecule has 0 atom stereocenters. The summed E-state index contributed by atoms with van der Waals surface area (Å²) in [6.07, 6.45) is 2.63. The third-order valence-corrected chi connectivity index (χ3v) is 2.67. The van der Waals surface area contributed by atoms with Crippen LogP contribution in [0.2, 0.25) is 0 Å². The number of hydrogen-bond donors (Lipinski definition) is 1. The lowest BCUT2D eigenvalue weighted by molar-refractivity contribution is 0.643. The van der Waals surface area contributed by atoms with Crippen molar-refractivity contribution in [3.05, 3.63) is 40.5 Å². The fourth-order valence-corrected chi connectivity index (χ4v) is 1.84. The Morgan fingerprint density at radius 1 is 1.25 bits per heavy atom. The average molecular weight is 209 g/mol. The third-order valence-electron chi connectivity index (χ3n) is 2.67. The molecule has 2 rings (SSSR count). The lowest BCUT2D eigenvalue weighted by Gasteiger charge is -2.17. The van der Waals surface area contributed by atoms with Crippen molar-refractivity contribution in [3.63, 3.8) is 0 Å². The highest BCUT2D eigenvalue weighted by molar-refractivity contribution is 5.63. The fraction of sp³-hybridized carbons (Fsp3) is 0.231. The highest BCUT2D eigenvalue weighted by Crippen LogP contribution is 2.17. The minimum absolute atomic E-state index is 0.147. The largest absolute Gasteiger partial charge is 0.312 e. The van der Waals surface area contributed by atoms with Crippen LogP contribution in [0.5, 0.6) is 0 Å². The van der Waals surface area contributed by atoms with Crippen LogP contribution in [0.4, 0.5) is 0 Å². The van der Waals surface area contributed by atoms with E-state index in [0.29, 0.717) is 0 Å². The molecule has 0 aliphatic carbocycles. The van der Waals surface area contributed by atoms with Crippen molar-refractivity contribution in [2.75, 3.05) is 6.54 Å². The van der Waals surface area contributed by atoms with Gasteiger partial charge in [-0.15, -0.1) is 0 Å². The van der Waals surface area contributed by atoms with Crippen LogP contribution in [-0.4, -0.2) is 6.54 Å². The van der Waals surface area contributed by atoms with Gasteiger partial charge < -0.3 is 5.32 Å². The lowest BCUT2D eigenvalue weighted by Crippen LogP contribution is -2.23. The van der Waals surface area contributed by atoms with Gasteiger partial charge in [-0.3, -0.25) is 0 Å². The van der Waals surface area contributed by atoms with Gasteiger partial charge in [0.2, 0.25) is 0 Å². The second-order valence-corrected chi connectivity index (χ2v) is 3.74. The maximum Gasteiger partial charge on any atom is 0.130 e. The van der Waals surface area contributed by atoms with Gasteiger partial charge in [0, 0.05) is 6.54 Å². The van der Waals surface area contributed by atoms with Gasteiger partial charge in [-0.2, -0.15) is 10.5 Å². The molecule has 78 valence electrons. The Morgan fingerprint density at radius 2 is 2.06 bits per heavy atom. The number of nitrogens with one attached hydrogen (secondary N) is 1. The number of allylic oxidation sites excluding steroid dienone is 1. The van der Waals surface area contributed by atoms with E-state index in [1.165, 1.54) is 11.1 Å². The molecule has 1 aliphatic rings. The molecule has 3 heteroatoms. The SMILES string of the molecule is N#CC(C#N)=Cc1ccc2c(c1)CCNC2. The van der Waals surface area contributed by atoms with Crippen LogP contribution in [0.15, 0.2) is 23.8 Å². The van der Waals surface area contributed by atoms with Crippen molar-refractivity contribution in [1.82, 2.24) is 5.32 Å². The van der Waals surface area contributed by atoms with Crippen LogP contribution in [0.25, 0.3) is 6.08 Å². The van der Waals surface area contributed by atoms with Crippen LogP contribution >= 0.6 is 0 Å². The number of fused-ring (bicyclic) bond motifs is 1. The number of nitriles is 2. The summed E-state index contributed by atoms with van der Waals surface area (Å²) < 4.78 is 0. The van der Waals surface area contributed by atoms with Gasteiger partial charge in [0.15, 0.2) is 0 Å². The molecule has 1 N–H and O–H groups in total. The van der Waals surface area contributed by atoms with Gasteiger partial charge in [0.05, 0.1) is 0 Å². The van der Waals surface area contributed by atoms with Crippen molar-refractivity contribution < 1.29 is 0 Å². The molecule has 0 saturated heterocycles. The molecule has 1 aromatic carbocycles. The Bertz CT molecular complexity index is 499. The molecule has 0 fully saturated rings. The van der Waals surface area contributed by atoms with Gasteiger partial charge in [-0.1, -0.05) is 18.2 Å². The van der Waals surface area contributed by atoms with E-state index in [-0.39, 0.29) is 5.57 Å². The Hall–Kier alpha value is -2.10. The van der Waals surface area contributed by atoms with Crippen molar-refractivity contribution in [1.29, 1.82) is 10.5 Å². The predicted octanol–water partition coefficient (Wildman–Crippen LogP) is 1.76. The molecule has 0 bridgehead atoms. The lowest BCUT2D eigenvalue weighted by atomic mass is 9.98. The summed E-state index contributed by atoms with van der Waals surface area (Å²) in [6, 6.07) is 9.80. The van der Waals surface area contributed by atoms with Crippen LogP contribution in [0.1, 0.15) is 16.7 Å². The second kappa shape index (κ2) is 4.61. The summed E-state index contributed by atoms with van der Waals surface area (Å²) in [5.74, 6) is 0. The smallest absolute Gasteiger partial charge is 0.130 e. The van der Waals surface area contributed by atoms with E-state index >= 15 is 0 Å². The molecule has 1 aliphatic heterocycles. The first kappa shape index (κ1) is 10.4. The summed E-state index contributed by atoms with van der Waals surface area (Å²) in [4.78, 5) is 0. The zero-order chi connectivity index (χ0) is 11.4. The summed E-state index contributed by atoms with van der Waals surface area (Å²) in [5.41, 5.74) is 3.69. The van der Waals surface area contributed by atoms with E-state index in [4.69, 9.17) is 10.5 Å². The molecule has 0 aromatic heterocycles. The van der Waals surface area contributed by atoms with Crippen molar-refractivity contribution >= 4 is 6.08 Å². The average Bonchev–Trinajstić information content (AvgIpc) is 2.35. The molecular formula is C13H11N3. The minimum Gasteiger partial charge on any atom is -0.312 e. The first-order valence-electron chi connectivity index (χ1n) is 5.18. The Kier molecular flexibility index (Phi) is 3.00. The first-order chi connectivity index (χ1) is 7.83. The molecule has 0 radical (unpaired) electrons. The first-order valence-corrected chi connectivity index (χ1v) is 5.18. The molecule has 16 heavy (non-hydrogen) atoms. The molecule has 0 amide bonds. The van der Waals surface area contributed by atoms with Gasteiger partial charge in [0.1, 0.15) is 17.7 Å². The van der Waals surface area contributed by atoms with Crippen LogP contribution in [0.3, 0.4) is 0 Å². The summed E-state index contributed by atoms with van der Waals surface area (Å²) >= 11 is 0. The van der Waals surface area contributed by atoms with E-state index < -0.39 is 0 Å². The molecule has 0 saturated carbocycles. The molecular weight excluding hydrogens is 198 g/mol. The zero-order valence-electron chi connectivity index (χ0n) is 8.83. The molecule has 0 unspecified atom stereocenters. The van der Waals surface area contributed by atoms with Crippen molar-refractivity contribution in [3.8, 4) is 12.1 Å². The summed E-state index contributed by atoms with van der Waals surface area (Å²) in [6.45, 7) is 1.90. The van der Waals surface area contributed by atoms with Crippen LogP contribution in [-0.2, 0) is 13.0 Å². The van der Waals surface area contributed by atoms with Gasteiger partial charge in [-0.25, -0.2) is 0 Å². The van der Waals surface area contributed by atoms with Gasteiger partial charge in [0.25, 0.3) is 0 Å². The fourth-order valence-electron chi connectivity index (χ4n) is 1.84. The quantitative estimate of drug-likeness (QED) is 0.717. The molecule has 3 nitrogen and oxygen atoms in total. The summed E-state index contributed by atoms with van der Waals surface area (Å²) in [5, 5.41) is 20.7. The monoisotopic (exact) mass is 209 g/mol. The standard InChI is InChI=1S/C13H11N3/c14-7-11(8-15)5-10-1-2-13-9-16-4-3-12(13)6-10/h1-2,5-6,16H,3-4,9H2. The van der Waals surface area contributed by atoms with Crippen LogP contribution < -0.4 is 5.32 Å². The highest BCUT2D eigenvalue weighted by Gasteiger charge is 2.08. The third kappa shape index (κ3) is 2.11. The predicted molar refractivity (Wildman–Crippen MR) is 61.1 cm³/mol. The summed E-state index contributed by atoms with van der Waals surface area (Å²) in [7, 11) is 0. The van der Waals surface area contributed by atoms with Crippen molar-refractivity contribution in [2.24, 2.45) is 0 Å². The maximum atomic E-state index is 8.67. The zero-order valence-corrected chi connectivity index (χ0v) is 8.83. The second-order valence-electron chi connectivity index (χ2n) is 3.74. The van der Waals surface area contributed by atoms with Crippen LogP contribution in [0, 0.1) is 22.7 Å². The molecule has 1 aromatic rings. The number of benzene rings is 1. The Balaban J connectivity index is 2.35. The van der Waals surface area contributed by atoms with E-state index in [2.05, 4.69) is 17.4 Å². The number of hydrogen-bond acceptors (Lipinski definition) is 3. The van der Waals surface area contributed by atoms with Gasteiger partial charge >= 0.3 is 0 Å². The van der Waals surface area contributed by atoms with E-state index in [0.717, 1.165) is 25.1 Å². The van der Waals surface area contributed by atoms with Gasteiger partial charge in [-0.05, 0) is 35.7 Å². The van der Waals surface area contributed by atoms with E-state index in [1.807, 2.05) is 18.2 Å². The van der Waals surface area contributed by atoms with E-state index in [1.54, 1.807) is 6.08 Å². The molecule has 1 heterocycles. The minimum atomic E-state index is 0.147. The normalized spacial score (nSPS) is 13.1. The number of nitrogens with zero attached hydrogens (tertiary/aromatic N) is 2. The maximum absolute atomic E-state index is 8.67.